The van der Waals surface area contributed by atoms with Crippen molar-refractivity contribution in [2.24, 2.45) is 0 Å². The highest BCUT2D eigenvalue weighted by atomic mass is 16.5. The molecule has 0 aromatic heterocycles. The fourth-order valence-electron chi connectivity index (χ4n) is 3.40. The van der Waals surface area contributed by atoms with E-state index in [0.29, 0.717) is 31.7 Å². The number of benzene rings is 1. The first kappa shape index (κ1) is 18.5. The van der Waals surface area contributed by atoms with Crippen LogP contribution in [-0.2, 0) is 6.42 Å². The van der Waals surface area contributed by atoms with E-state index in [4.69, 9.17) is 4.74 Å². The predicted molar refractivity (Wildman–Crippen MR) is 101 cm³/mol. The average Bonchev–Trinajstić information content (AvgIpc) is 2.85. The third-order valence-corrected chi connectivity index (χ3v) is 4.71. The van der Waals surface area contributed by atoms with Gasteiger partial charge in [0, 0.05) is 37.3 Å². The van der Waals surface area contributed by atoms with Gasteiger partial charge >= 0.3 is 6.03 Å². The molecule has 6 heteroatoms. The Labute approximate surface area is 155 Å². The molecule has 1 saturated heterocycles. The van der Waals surface area contributed by atoms with Crippen molar-refractivity contribution in [2.45, 2.75) is 45.6 Å². The first-order valence-electron chi connectivity index (χ1n) is 9.45. The molecule has 0 radical (unpaired) electrons. The van der Waals surface area contributed by atoms with E-state index in [9.17, 15) is 9.59 Å². The number of carbonyl (C=O) groups excluding carboxylic acids is 2. The topological polar surface area (TPSA) is 61.9 Å². The maximum absolute atomic E-state index is 12.9. The van der Waals surface area contributed by atoms with E-state index in [1.54, 1.807) is 4.90 Å². The average molecular weight is 359 g/mol. The van der Waals surface area contributed by atoms with Crippen LogP contribution in [0.15, 0.2) is 18.2 Å². The lowest BCUT2D eigenvalue weighted by Gasteiger charge is -2.27. The number of ether oxygens (including phenoxy) is 1. The van der Waals surface area contributed by atoms with Crippen molar-refractivity contribution >= 4 is 11.9 Å². The Kier molecular flexibility index (Phi) is 5.39. The van der Waals surface area contributed by atoms with Gasteiger partial charge in [0.25, 0.3) is 5.91 Å². The Morgan fingerprint density at radius 3 is 2.54 bits per heavy atom. The van der Waals surface area contributed by atoms with E-state index >= 15 is 0 Å². The van der Waals surface area contributed by atoms with Crippen LogP contribution in [-0.4, -0.2) is 60.1 Å². The molecule has 0 bridgehead atoms. The Balaban J connectivity index is 1.63. The molecule has 1 N–H and O–H groups in total. The summed E-state index contributed by atoms with van der Waals surface area (Å²) in [5.41, 5.74) is 1.56. The minimum absolute atomic E-state index is 0.0384. The molecule has 142 valence electrons. The number of amides is 3. The van der Waals surface area contributed by atoms with Crippen LogP contribution >= 0.6 is 0 Å². The van der Waals surface area contributed by atoms with E-state index in [1.807, 2.05) is 43.9 Å². The Hall–Kier alpha value is -2.24. The number of hydrogen-bond acceptors (Lipinski definition) is 3. The predicted octanol–water partition coefficient (Wildman–Crippen LogP) is 2.67. The Bertz CT molecular complexity index is 681. The second-order valence-corrected chi connectivity index (χ2v) is 8.09. The van der Waals surface area contributed by atoms with E-state index in [-0.39, 0.29) is 17.5 Å². The van der Waals surface area contributed by atoms with Crippen molar-refractivity contribution in [3.63, 3.8) is 0 Å². The number of aryl methyl sites for hydroxylation is 1. The largest absolute Gasteiger partial charge is 0.493 e. The highest BCUT2D eigenvalue weighted by Crippen LogP contribution is 2.26. The van der Waals surface area contributed by atoms with Crippen molar-refractivity contribution < 1.29 is 14.3 Å². The number of carbonyl (C=O) groups is 2. The molecule has 0 spiro atoms. The summed E-state index contributed by atoms with van der Waals surface area (Å²) < 4.78 is 5.63. The Morgan fingerprint density at radius 1 is 1.04 bits per heavy atom. The molecule has 6 nitrogen and oxygen atoms in total. The Morgan fingerprint density at radius 2 is 1.77 bits per heavy atom. The molecule has 0 saturated carbocycles. The molecule has 3 amide bonds. The molecule has 2 heterocycles. The summed E-state index contributed by atoms with van der Waals surface area (Å²) in [7, 11) is 0. The maximum atomic E-state index is 12.9. The number of nitrogens with zero attached hydrogens (tertiary/aromatic N) is 2. The minimum Gasteiger partial charge on any atom is -0.493 e. The second-order valence-electron chi connectivity index (χ2n) is 8.09. The molecule has 1 aromatic carbocycles. The first-order valence-corrected chi connectivity index (χ1v) is 9.45. The molecule has 3 rings (SSSR count). The molecule has 2 aliphatic heterocycles. The lowest BCUT2D eigenvalue weighted by Crippen LogP contribution is -2.49. The zero-order chi connectivity index (χ0) is 18.7. The van der Waals surface area contributed by atoms with Gasteiger partial charge in [0.1, 0.15) is 5.75 Å². The lowest BCUT2D eigenvalue weighted by atomic mass is 10.0. The molecule has 2 aliphatic rings. The van der Waals surface area contributed by atoms with Crippen LogP contribution in [0.2, 0.25) is 0 Å². The molecule has 26 heavy (non-hydrogen) atoms. The van der Waals surface area contributed by atoms with Crippen molar-refractivity contribution in [1.29, 1.82) is 0 Å². The third-order valence-electron chi connectivity index (χ3n) is 4.71. The molecule has 1 aromatic rings. The van der Waals surface area contributed by atoms with Gasteiger partial charge in [0.05, 0.1) is 6.61 Å². The molecular weight excluding hydrogens is 330 g/mol. The van der Waals surface area contributed by atoms with E-state index in [0.717, 1.165) is 37.2 Å². The standard InChI is InChI=1S/C20H29N3O3/c1-20(2,3)21-19(25)23-10-5-9-22(11-12-23)18(24)16-7-8-17-15(14-16)6-4-13-26-17/h7-8,14H,4-6,9-13H2,1-3H3,(H,21,25). The highest BCUT2D eigenvalue weighted by Gasteiger charge is 2.25. The molecular formula is C20H29N3O3. The van der Waals surface area contributed by atoms with E-state index in [1.165, 1.54) is 0 Å². The number of hydrogen-bond donors (Lipinski definition) is 1. The molecule has 0 unspecified atom stereocenters. The molecule has 0 aliphatic carbocycles. The normalized spacial score (nSPS) is 17.8. The van der Waals surface area contributed by atoms with Crippen LogP contribution in [0.4, 0.5) is 4.79 Å². The minimum atomic E-state index is -0.260. The summed E-state index contributed by atoms with van der Waals surface area (Å²) in [4.78, 5) is 28.9. The third kappa shape index (κ3) is 4.48. The van der Waals surface area contributed by atoms with Crippen LogP contribution < -0.4 is 10.1 Å². The zero-order valence-corrected chi connectivity index (χ0v) is 16.0. The number of fused-ring (bicyclic) bond motifs is 1. The summed E-state index contributed by atoms with van der Waals surface area (Å²) in [6.45, 7) is 9.12. The van der Waals surface area contributed by atoms with Crippen molar-refractivity contribution in [3.05, 3.63) is 29.3 Å². The molecule has 0 atom stereocenters. The summed E-state index contributed by atoms with van der Waals surface area (Å²) in [6, 6.07) is 5.66. The van der Waals surface area contributed by atoms with Gasteiger partial charge in [-0.3, -0.25) is 4.79 Å². The summed E-state index contributed by atoms with van der Waals surface area (Å²) in [5, 5.41) is 3.00. The van der Waals surface area contributed by atoms with Gasteiger partial charge in [-0.15, -0.1) is 0 Å². The van der Waals surface area contributed by atoms with Gasteiger partial charge in [-0.25, -0.2) is 4.79 Å². The smallest absolute Gasteiger partial charge is 0.317 e. The monoisotopic (exact) mass is 359 g/mol. The number of urea groups is 1. The van der Waals surface area contributed by atoms with E-state index in [2.05, 4.69) is 5.32 Å². The summed E-state index contributed by atoms with van der Waals surface area (Å²) in [5.74, 6) is 0.935. The summed E-state index contributed by atoms with van der Waals surface area (Å²) >= 11 is 0. The van der Waals surface area contributed by atoms with Crippen molar-refractivity contribution in [2.75, 3.05) is 32.8 Å². The van der Waals surface area contributed by atoms with Crippen LogP contribution in [0.3, 0.4) is 0 Å². The highest BCUT2D eigenvalue weighted by molar-refractivity contribution is 5.94. The fraction of sp³-hybridized carbons (Fsp3) is 0.600. The number of nitrogens with one attached hydrogen (secondary N) is 1. The summed E-state index contributed by atoms with van der Waals surface area (Å²) in [6.07, 6.45) is 2.74. The lowest BCUT2D eigenvalue weighted by molar-refractivity contribution is 0.0761. The quantitative estimate of drug-likeness (QED) is 0.839. The van der Waals surface area contributed by atoms with Gasteiger partial charge in [0.2, 0.25) is 0 Å². The molecule has 1 fully saturated rings. The van der Waals surface area contributed by atoms with Gasteiger partial charge in [0.15, 0.2) is 0 Å². The zero-order valence-electron chi connectivity index (χ0n) is 16.0. The van der Waals surface area contributed by atoms with Crippen LogP contribution in [0.25, 0.3) is 0 Å². The SMILES string of the molecule is CC(C)(C)NC(=O)N1CCCN(C(=O)c2ccc3c(c2)CCCO3)CC1. The van der Waals surface area contributed by atoms with Gasteiger partial charge < -0.3 is 19.9 Å². The first-order chi connectivity index (χ1) is 12.3. The van der Waals surface area contributed by atoms with Gasteiger partial charge in [-0.1, -0.05) is 0 Å². The van der Waals surface area contributed by atoms with Crippen molar-refractivity contribution in [3.8, 4) is 5.75 Å². The maximum Gasteiger partial charge on any atom is 0.317 e. The van der Waals surface area contributed by atoms with Gasteiger partial charge in [-0.05, 0) is 63.8 Å². The van der Waals surface area contributed by atoms with E-state index < -0.39 is 0 Å². The van der Waals surface area contributed by atoms with Crippen molar-refractivity contribution in [1.82, 2.24) is 15.1 Å². The van der Waals surface area contributed by atoms with Crippen LogP contribution in [0.1, 0.15) is 49.5 Å². The van der Waals surface area contributed by atoms with Crippen LogP contribution in [0, 0.1) is 0 Å². The second kappa shape index (κ2) is 7.56. The number of rotatable bonds is 1. The van der Waals surface area contributed by atoms with Gasteiger partial charge in [-0.2, -0.15) is 0 Å². The van der Waals surface area contributed by atoms with Crippen LogP contribution in [0.5, 0.6) is 5.75 Å². The fourth-order valence-corrected chi connectivity index (χ4v) is 3.40.